The average Bonchev–Trinajstić information content (AvgIpc) is 2.37. The molecule has 3 unspecified atom stereocenters. The van der Waals surface area contributed by atoms with Gasteiger partial charge < -0.3 is 0 Å². The van der Waals surface area contributed by atoms with Crippen LogP contribution >= 0.6 is 11.6 Å². The Kier molecular flexibility index (Phi) is 3.91. The van der Waals surface area contributed by atoms with Crippen LogP contribution in [0.25, 0.3) is 5.57 Å². The van der Waals surface area contributed by atoms with Crippen LogP contribution in [0.15, 0.2) is 24.3 Å². The number of halogens is 4. The molecule has 2 bridgehead atoms. The highest BCUT2D eigenvalue weighted by Gasteiger charge is 2.36. The lowest BCUT2D eigenvalue weighted by molar-refractivity contribution is -0.137. The van der Waals surface area contributed by atoms with Crippen molar-refractivity contribution in [3.05, 3.63) is 40.4 Å². The van der Waals surface area contributed by atoms with Crippen LogP contribution in [0.1, 0.15) is 36.8 Å². The second-order valence-corrected chi connectivity index (χ2v) is 7.84. The first-order valence-corrected chi connectivity index (χ1v) is 8.49. The summed E-state index contributed by atoms with van der Waals surface area (Å²) in [6, 6.07) is 4.02. The van der Waals surface area contributed by atoms with E-state index in [0.717, 1.165) is 30.9 Å². The summed E-state index contributed by atoms with van der Waals surface area (Å²) in [5.74, 6) is 0. The molecule has 2 aliphatic rings. The fourth-order valence-electron chi connectivity index (χ4n) is 3.05. The van der Waals surface area contributed by atoms with Gasteiger partial charge in [-0.1, -0.05) is 30.2 Å². The van der Waals surface area contributed by atoms with Gasteiger partial charge in [0.1, 0.15) is 0 Å². The van der Waals surface area contributed by atoms with E-state index in [9.17, 15) is 17.4 Å². The molecule has 3 rings (SSSR count). The molecule has 1 saturated heterocycles. The summed E-state index contributed by atoms with van der Waals surface area (Å²) in [6.07, 6.45) is 0.810. The molecule has 0 spiro atoms. The minimum Gasteiger partial charge on any atom is -0.259 e. The third kappa shape index (κ3) is 2.90. The average molecular weight is 335 g/mol. The van der Waals surface area contributed by atoms with Gasteiger partial charge in [0.05, 0.1) is 15.8 Å². The maximum atomic E-state index is 12.9. The number of fused-ring (bicyclic) bond motifs is 2. The molecular weight excluding hydrogens is 321 g/mol. The summed E-state index contributed by atoms with van der Waals surface area (Å²) in [4.78, 5) is 0. The molecular formula is C15H14ClF3OS. The number of benzene rings is 1. The fourth-order valence-corrected chi connectivity index (χ4v) is 5.21. The van der Waals surface area contributed by atoms with Crippen LogP contribution < -0.4 is 0 Å². The molecule has 2 heterocycles. The predicted octanol–water partition coefficient (Wildman–Crippen LogP) is 4.82. The highest BCUT2D eigenvalue weighted by Crippen LogP contribution is 2.40. The third-order valence-corrected chi connectivity index (χ3v) is 6.48. The first-order valence-electron chi connectivity index (χ1n) is 6.83. The Labute approximate surface area is 128 Å². The molecule has 0 amide bonds. The Morgan fingerprint density at radius 2 is 2.00 bits per heavy atom. The Morgan fingerprint density at radius 3 is 2.67 bits per heavy atom. The zero-order valence-corrected chi connectivity index (χ0v) is 12.7. The molecule has 0 radical (unpaired) electrons. The smallest absolute Gasteiger partial charge is 0.259 e. The third-order valence-electron chi connectivity index (χ3n) is 4.12. The second-order valence-electron chi connectivity index (χ2n) is 5.51. The first kappa shape index (κ1) is 15.1. The Balaban J connectivity index is 2.00. The standard InChI is InChI=1S/C15H14ClF3OS/c16-14-5-4-9(8-13(14)15(17,18)19)10-6-11-2-1-3-12(7-10)21(11)20/h4-6,8,11-12H,1-3,7H2. The zero-order valence-electron chi connectivity index (χ0n) is 11.1. The van der Waals surface area contributed by atoms with E-state index in [-0.39, 0.29) is 15.5 Å². The lowest BCUT2D eigenvalue weighted by Gasteiger charge is -2.33. The second kappa shape index (κ2) is 5.43. The Hall–Kier alpha value is -0.810. The first-order chi connectivity index (χ1) is 9.86. The lowest BCUT2D eigenvalue weighted by Crippen LogP contribution is -2.33. The van der Waals surface area contributed by atoms with Crippen LogP contribution in [0.5, 0.6) is 0 Å². The molecule has 21 heavy (non-hydrogen) atoms. The van der Waals surface area contributed by atoms with Crippen LogP contribution in [-0.4, -0.2) is 14.7 Å². The molecule has 2 aliphatic heterocycles. The molecule has 0 aromatic heterocycles. The van der Waals surface area contributed by atoms with Crippen molar-refractivity contribution in [1.29, 1.82) is 0 Å². The summed E-state index contributed by atoms with van der Waals surface area (Å²) in [5, 5.41) is -0.224. The van der Waals surface area contributed by atoms with E-state index in [1.54, 1.807) is 6.07 Å². The van der Waals surface area contributed by atoms with E-state index >= 15 is 0 Å². The van der Waals surface area contributed by atoms with Crippen LogP contribution in [-0.2, 0) is 17.0 Å². The quantitative estimate of drug-likeness (QED) is 0.720. The molecule has 1 fully saturated rings. The van der Waals surface area contributed by atoms with Crippen LogP contribution in [0.3, 0.4) is 0 Å². The SMILES string of the molecule is O=S1C2C=C(c3ccc(Cl)c(C(F)(F)F)c3)CC1CCC2. The number of hydrogen-bond acceptors (Lipinski definition) is 1. The number of allylic oxidation sites excluding steroid dienone is 1. The summed E-state index contributed by atoms with van der Waals surface area (Å²) in [5.41, 5.74) is 0.603. The van der Waals surface area contributed by atoms with Gasteiger partial charge in [-0.05, 0) is 42.5 Å². The van der Waals surface area contributed by atoms with E-state index in [2.05, 4.69) is 0 Å². The largest absolute Gasteiger partial charge is 0.417 e. The summed E-state index contributed by atoms with van der Waals surface area (Å²) >= 11 is 5.65. The van der Waals surface area contributed by atoms with E-state index < -0.39 is 22.5 Å². The molecule has 1 aromatic carbocycles. The van der Waals surface area contributed by atoms with E-state index in [4.69, 9.17) is 11.6 Å². The Morgan fingerprint density at radius 1 is 1.24 bits per heavy atom. The molecule has 1 aromatic rings. The van der Waals surface area contributed by atoms with Gasteiger partial charge in [0.25, 0.3) is 0 Å². The molecule has 1 nitrogen and oxygen atoms in total. The predicted molar refractivity (Wildman–Crippen MR) is 78.6 cm³/mol. The van der Waals surface area contributed by atoms with Gasteiger partial charge in [-0.25, -0.2) is 0 Å². The van der Waals surface area contributed by atoms with Gasteiger partial charge >= 0.3 is 6.18 Å². The van der Waals surface area contributed by atoms with E-state index in [1.165, 1.54) is 6.07 Å². The van der Waals surface area contributed by atoms with Crippen molar-refractivity contribution in [2.24, 2.45) is 0 Å². The van der Waals surface area contributed by atoms with Crippen molar-refractivity contribution in [3.8, 4) is 0 Å². The molecule has 0 aliphatic carbocycles. The van der Waals surface area contributed by atoms with Gasteiger partial charge in [-0.15, -0.1) is 0 Å². The van der Waals surface area contributed by atoms with Crippen molar-refractivity contribution >= 4 is 28.0 Å². The van der Waals surface area contributed by atoms with Gasteiger partial charge in [0.2, 0.25) is 0 Å². The normalized spacial score (nSPS) is 29.1. The minimum absolute atomic E-state index is 0.0162. The molecule has 114 valence electrons. The molecule has 6 heteroatoms. The van der Waals surface area contributed by atoms with Crippen molar-refractivity contribution in [3.63, 3.8) is 0 Å². The monoisotopic (exact) mass is 334 g/mol. The van der Waals surface area contributed by atoms with Crippen molar-refractivity contribution < 1.29 is 17.4 Å². The Bertz CT molecular complexity index is 624. The van der Waals surface area contributed by atoms with Crippen molar-refractivity contribution in [2.45, 2.75) is 42.4 Å². The summed E-state index contributed by atoms with van der Waals surface area (Å²) < 4.78 is 50.9. The lowest BCUT2D eigenvalue weighted by atomic mass is 9.92. The van der Waals surface area contributed by atoms with Gasteiger partial charge in [-0.2, -0.15) is 13.2 Å². The molecule has 0 saturated carbocycles. The zero-order chi connectivity index (χ0) is 15.2. The van der Waals surface area contributed by atoms with Crippen molar-refractivity contribution in [2.75, 3.05) is 0 Å². The van der Waals surface area contributed by atoms with Crippen LogP contribution in [0.4, 0.5) is 13.2 Å². The number of rotatable bonds is 1. The van der Waals surface area contributed by atoms with Crippen LogP contribution in [0, 0.1) is 0 Å². The van der Waals surface area contributed by atoms with Crippen molar-refractivity contribution in [1.82, 2.24) is 0 Å². The highest BCUT2D eigenvalue weighted by molar-refractivity contribution is 7.86. The highest BCUT2D eigenvalue weighted by atomic mass is 35.5. The molecule has 0 N–H and O–H groups in total. The fraction of sp³-hybridized carbons (Fsp3) is 0.467. The van der Waals surface area contributed by atoms with Crippen LogP contribution in [0.2, 0.25) is 5.02 Å². The minimum atomic E-state index is -4.46. The van der Waals surface area contributed by atoms with E-state index in [0.29, 0.717) is 12.0 Å². The molecule has 3 atom stereocenters. The summed E-state index contributed by atoms with van der Waals surface area (Å²) in [6.45, 7) is 0. The number of alkyl halides is 3. The number of hydrogen-bond donors (Lipinski definition) is 0. The topological polar surface area (TPSA) is 17.1 Å². The van der Waals surface area contributed by atoms with E-state index in [1.807, 2.05) is 6.08 Å². The van der Waals surface area contributed by atoms with Gasteiger partial charge in [0.15, 0.2) is 0 Å². The van der Waals surface area contributed by atoms with Gasteiger partial charge in [-0.3, -0.25) is 4.21 Å². The maximum Gasteiger partial charge on any atom is 0.417 e. The maximum absolute atomic E-state index is 12.9. The van der Waals surface area contributed by atoms with Gasteiger partial charge in [0, 0.05) is 16.0 Å². The summed E-state index contributed by atoms with van der Waals surface area (Å²) in [7, 11) is -0.882.